The fourth-order valence-electron chi connectivity index (χ4n) is 2.69. The minimum atomic E-state index is -3.32. The zero-order chi connectivity index (χ0) is 13.3. The molecule has 6 heteroatoms. The van der Waals surface area contributed by atoms with Crippen molar-refractivity contribution < 1.29 is 8.42 Å². The summed E-state index contributed by atoms with van der Waals surface area (Å²) in [5.41, 5.74) is 0. The molecule has 0 bridgehead atoms. The van der Waals surface area contributed by atoms with Gasteiger partial charge in [0.25, 0.3) is 10.2 Å². The molecule has 0 N–H and O–H groups in total. The molecular weight excluding hydrogens is 272 g/mol. The minimum Gasteiger partial charge on any atom is -0.195 e. The number of hydrogen-bond donors (Lipinski definition) is 0. The number of rotatable bonds is 5. The average molecular weight is 295 g/mol. The minimum absolute atomic E-state index is 0.0236. The van der Waals surface area contributed by atoms with Crippen LogP contribution in [0.2, 0.25) is 0 Å². The molecule has 1 aliphatic carbocycles. The van der Waals surface area contributed by atoms with E-state index in [0.29, 0.717) is 30.8 Å². The number of alkyl halides is 1. The van der Waals surface area contributed by atoms with E-state index in [9.17, 15) is 8.42 Å². The van der Waals surface area contributed by atoms with E-state index in [-0.39, 0.29) is 6.04 Å². The summed E-state index contributed by atoms with van der Waals surface area (Å²) < 4.78 is 28.2. The SMILES string of the molecule is CC1CC1CN(C)S(=O)(=O)N1CCCCC1CCl. The first-order valence-corrected chi connectivity index (χ1v) is 8.69. The van der Waals surface area contributed by atoms with Gasteiger partial charge >= 0.3 is 0 Å². The Bertz CT molecular complexity index is 388. The number of nitrogens with zero attached hydrogens (tertiary/aromatic N) is 2. The van der Waals surface area contributed by atoms with E-state index in [4.69, 9.17) is 11.6 Å². The number of halogens is 1. The van der Waals surface area contributed by atoms with Gasteiger partial charge in [0, 0.05) is 32.1 Å². The molecule has 2 aliphatic rings. The van der Waals surface area contributed by atoms with Gasteiger partial charge in [-0.15, -0.1) is 11.6 Å². The first kappa shape index (κ1) is 14.6. The van der Waals surface area contributed by atoms with Crippen molar-refractivity contribution in [1.29, 1.82) is 0 Å². The van der Waals surface area contributed by atoms with E-state index in [2.05, 4.69) is 6.92 Å². The quantitative estimate of drug-likeness (QED) is 0.727. The lowest BCUT2D eigenvalue weighted by molar-refractivity contribution is 0.251. The Hall–Kier alpha value is 0.160. The first-order chi connectivity index (χ1) is 8.46. The van der Waals surface area contributed by atoms with E-state index in [1.54, 1.807) is 11.4 Å². The maximum Gasteiger partial charge on any atom is 0.282 e. The Morgan fingerprint density at radius 3 is 2.61 bits per heavy atom. The molecule has 0 aromatic carbocycles. The molecule has 1 aliphatic heterocycles. The third-order valence-electron chi connectivity index (χ3n) is 4.21. The molecule has 18 heavy (non-hydrogen) atoms. The molecule has 3 atom stereocenters. The Morgan fingerprint density at radius 2 is 2.06 bits per heavy atom. The van der Waals surface area contributed by atoms with Crippen LogP contribution in [-0.2, 0) is 10.2 Å². The summed E-state index contributed by atoms with van der Waals surface area (Å²) in [4.78, 5) is 0. The van der Waals surface area contributed by atoms with Crippen LogP contribution in [0.1, 0.15) is 32.6 Å². The maximum absolute atomic E-state index is 12.5. The summed E-state index contributed by atoms with van der Waals surface area (Å²) in [6.45, 7) is 3.44. The highest BCUT2D eigenvalue weighted by molar-refractivity contribution is 7.86. The molecule has 0 radical (unpaired) electrons. The van der Waals surface area contributed by atoms with Crippen molar-refractivity contribution >= 4 is 21.8 Å². The van der Waals surface area contributed by atoms with Gasteiger partial charge in [-0.3, -0.25) is 0 Å². The van der Waals surface area contributed by atoms with Crippen LogP contribution < -0.4 is 0 Å². The van der Waals surface area contributed by atoms with Crippen LogP contribution in [0.3, 0.4) is 0 Å². The molecule has 0 amide bonds. The molecule has 1 heterocycles. The largest absolute Gasteiger partial charge is 0.282 e. The van der Waals surface area contributed by atoms with Crippen LogP contribution in [0.25, 0.3) is 0 Å². The van der Waals surface area contributed by atoms with Gasteiger partial charge in [0.1, 0.15) is 0 Å². The maximum atomic E-state index is 12.5. The second kappa shape index (κ2) is 5.65. The van der Waals surface area contributed by atoms with E-state index < -0.39 is 10.2 Å². The summed E-state index contributed by atoms with van der Waals surface area (Å²) in [7, 11) is -1.62. The second-order valence-corrected chi connectivity index (χ2v) is 7.97. The lowest BCUT2D eigenvalue weighted by Gasteiger charge is -2.36. The standard InChI is InChI=1S/C12H23ClN2O2S/c1-10-7-11(10)9-14(2)18(16,17)15-6-4-3-5-12(15)8-13/h10-12H,3-9H2,1-2H3. The molecule has 2 fully saturated rings. The van der Waals surface area contributed by atoms with Crippen LogP contribution >= 0.6 is 11.6 Å². The molecule has 3 unspecified atom stereocenters. The van der Waals surface area contributed by atoms with Crippen LogP contribution in [0.5, 0.6) is 0 Å². The molecule has 2 rings (SSSR count). The molecule has 4 nitrogen and oxygen atoms in total. The van der Waals surface area contributed by atoms with Crippen molar-refractivity contribution in [2.45, 2.75) is 38.6 Å². The third kappa shape index (κ3) is 3.00. The predicted octanol–water partition coefficient (Wildman–Crippen LogP) is 1.91. The van der Waals surface area contributed by atoms with Crippen molar-refractivity contribution in [3.8, 4) is 0 Å². The Morgan fingerprint density at radius 1 is 1.39 bits per heavy atom. The lowest BCUT2D eigenvalue weighted by atomic mass is 10.1. The lowest BCUT2D eigenvalue weighted by Crippen LogP contribution is -2.50. The van der Waals surface area contributed by atoms with Gasteiger partial charge in [-0.2, -0.15) is 17.0 Å². The van der Waals surface area contributed by atoms with Gasteiger partial charge in [0.2, 0.25) is 0 Å². The Balaban J connectivity index is 2.03. The molecule has 1 saturated heterocycles. The van der Waals surface area contributed by atoms with E-state index in [1.165, 1.54) is 4.31 Å². The Labute approximate surface area is 115 Å². The average Bonchev–Trinajstić information content (AvgIpc) is 3.04. The number of piperidine rings is 1. The van der Waals surface area contributed by atoms with E-state index in [1.807, 2.05) is 0 Å². The Kier molecular flexibility index (Phi) is 4.57. The van der Waals surface area contributed by atoms with E-state index in [0.717, 1.165) is 25.7 Å². The van der Waals surface area contributed by atoms with Gasteiger partial charge < -0.3 is 0 Å². The summed E-state index contributed by atoms with van der Waals surface area (Å²) in [5.74, 6) is 1.62. The van der Waals surface area contributed by atoms with Crippen molar-refractivity contribution in [2.75, 3.05) is 26.0 Å². The van der Waals surface area contributed by atoms with Crippen molar-refractivity contribution in [3.63, 3.8) is 0 Å². The van der Waals surface area contributed by atoms with Crippen LogP contribution in [-0.4, -0.2) is 49.1 Å². The monoisotopic (exact) mass is 294 g/mol. The topological polar surface area (TPSA) is 40.6 Å². The fraction of sp³-hybridized carbons (Fsp3) is 1.00. The van der Waals surface area contributed by atoms with Crippen LogP contribution in [0, 0.1) is 11.8 Å². The summed E-state index contributed by atoms with van der Waals surface area (Å²) in [5, 5.41) is 0. The smallest absolute Gasteiger partial charge is 0.195 e. The number of hydrogen-bond acceptors (Lipinski definition) is 2. The van der Waals surface area contributed by atoms with Gasteiger partial charge in [0.05, 0.1) is 0 Å². The van der Waals surface area contributed by atoms with Gasteiger partial charge in [0.15, 0.2) is 0 Å². The predicted molar refractivity (Wildman–Crippen MR) is 73.9 cm³/mol. The molecule has 106 valence electrons. The fourth-order valence-corrected chi connectivity index (χ4v) is 4.75. The molecule has 0 aromatic heterocycles. The summed E-state index contributed by atoms with van der Waals surface area (Å²) >= 11 is 5.90. The zero-order valence-corrected chi connectivity index (χ0v) is 12.8. The summed E-state index contributed by atoms with van der Waals surface area (Å²) in [6, 6.07) is -0.0236. The van der Waals surface area contributed by atoms with Gasteiger partial charge in [-0.05, 0) is 31.1 Å². The van der Waals surface area contributed by atoms with Gasteiger partial charge in [-0.1, -0.05) is 13.3 Å². The highest BCUT2D eigenvalue weighted by atomic mass is 35.5. The van der Waals surface area contributed by atoms with Crippen LogP contribution in [0.15, 0.2) is 0 Å². The van der Waals surface area contributed by atoms with Crippen molar-refractivity contribution in [1.82, 2.24) is 8.61 Å². The highest BCUT2D eigenvalue weighted by Crippen LogP contribution is 2.38. The zero-order valence-electron chi connectivity index (χ0n) is 11.2. The first-order valence-electron chi connectivity index (χ1n) is 6.76. The van der Waals surface area contributed by atoms with Crippen molar-refractivity contribution in [3.05, 3.63) is 0 Å². The summed E-state index contributed by atoms with van der Waals surface area (Å²) in [6.07, 6.45) is 4.06. The highest BCUT2D eigenvalue weighted by Gasteiger charge is 2.39. The molecular formula is C12H23ClN2O2S. The molecule has 0 aromatic rings. The van der Waals surface area contributed by atoms with E-state index >= 15 is 0 Å². The van der Waals surface area contributed by atoms with Crippen LogP contribution in [0.4, 0.5) is 0 Å². The van der Waals surface area contributed by atoms with Crippen molar-refractivity contribution in [2.24, 2.45) is 11.8 Å². The third-order valence-corrected chi connectivity index (χ3v) is 6.58. The molecule has 0 spiro atoms. The second-order valence-electron chi connectivity index (χ2n) is 5.68. The van der Waals surface area contributed by atoms with Gasteiger partial charge in [-0.25, -0.2) is 0 Å². The molecule has 1 saturated carbocycles. The normalized spacial score (nSPS) is 33.9.